The molecule has 2 rings (SSSR count). The third-order valence-electron chi connectivity index (χ3n) is 3.77. The highest BCUT2D eigenvalue weighted by atomic mass is 19.3. The van der Waals surface area contributed by atoms with E-state index in [1.54, 1.807) is 12.1 Å². The molecule has 20 heavy (non-hydrogen) atoms. The quantitative estimate of drug-likeness (QED) is 0.872. The van der Waals surface area contributed by atoms with Gasteiger partial charge in [-0.1, -0.05) is 18.6 Å². The summed E-state index contributed by atoms with van der Waals surface area (Å²) < 4.78 is 25.9. The number of carbonyl (C=O) groups excluding carboxylic acids is 1. The first-order chi connectivity index (χ1) is 9.45. The van der Waals surface area contributed by atoms with E-state index in [4.69, 9.17) is 5.11 Å². The van der Waals surface area contributed by atoms with E-state index in [0.29, 0.717) is 12.0 Å². The summed E-state index contributed by atoms with van der Waals surface area (Å²) in [5.74, 6) is -1.66. The Morgan fingerprint density at radius 2 is 1.85 bits per heavy atom. The Morgan fingerprint density at radius 3 is 2.25 bits per heavy atom. The molecule has 4 nitrogen and oxygen atoms in total. The lowest BCUT2D eigenvalue weighted by atomic mass is 9.68. The SMILES string of the molecule is O=C(O)c1ccc(CNC(=O)C2(C(F)F)CCC2)cc1. The highest BCUT2D eigenvalue weighted by Crippen LogP contribution is 2.46. The summed E-state index contributed by atoms with van der Waals surface area (Å²) in [6.07, 6.45) is -1.57. The van der Waals surface area contributed by atoms with Crippen LogP contribution >= 0.6 is 0 Å². The third kappa shape index (κ3) is 2.64. The summed E-state index contributed by atoms with van der Waals surface area (Å²) in [5, 5.41) is 11.3. The van der Waals surface area contributed by atoms with Gasteiger partial charge in [0.15, 0.2) is 0 Å². The van der Waals surface area contributed by atoms with Crippen molar-refractivity contribution in [3.8, 4) is 0 Å². The molecule has 1 aliphatic rings. The Balaban J connectivity index is 1.95. The molecule has 1 aromatic rings. The Labute approximate surface area is 114 Å². The highest BCUT2D eigenvalue weighted by Gasteiger charge is 2.51. The number of nitrogens with one attached hydrogen (secondary N) is 1. The van der Waals surface area contributed by atoms with Gasteiger partial charge in [0.25, 0.3) is 6.43 Å². The van der Waals surface area contributed by atoms with Gasteiger partial charge in [-0.2, -0.15) is 0 Å². The van der Waals surface area contributed by atoms with Gasteiger partial charge in [-0.3, -0.25) is 4.79 Å². The van der Waals surface area contributed by atoms with Crippen molar-refractivity contribution in [2.75, 3.05) is 0 Å². The second-order valence-corrected chi connectivity index (χ2v) is 5.00. The molecule has 0 heterocycles. The molecular weight excluding hydrogens is 268 g/mol. The monoisotopic (exact) mass is 283 g/mol. The molecule has 0 bridgehead atoms. The predicted molar refractivity (Wildman–Crippen MR) is 67.5 cm³/mol. The Kier molecular flexibility index (Phi) is 4.01. The van der Waals surface area contributed by atoms with Crippen LogP contribution in [0.3, 0.4) is 0 Å². The topological polar surface area (TPSA) is 66.4 Å². The van der Waals surface area contributed by atoms with Gasteiger partial charge in [0.05, 0.1) is 5.56 Å². The average molecular weight is 283 g/mol. The summed E-state index contributed by atoms with van der Waals surface area (Å²) >= 11 is 0. The third-order valence-corrected chi connectivity index (χ3v) is 3.77. The Morgan fingerprint density at radius 1 is 1.25 bits per heavy atom. The molecule has 0 unspecified atom stereocenters. The van der Waals surface area contributed by atoms with Crippen molar-refractivity contribution in [1.29, 1.82) is 0 Å². The lowest BCUT2D eigenvalue weighted by Crippen LogP contribution is -2.50. The van der Waals surface area contributed by atoms with Crippen LogP contribution in [0, 0.1) is 5.41 Å². The van der Waals surface area contributed by atoms with Crippen molar-refractivity contribution < 1.29 is 23.5 Å². The van der Waals surface area contributed by atoms with Gasteiger partial charge in [0, 0.05) is 6.54 Å². The van der Waals surface area contributed by atoms with E-state index < -0.39 is 23.7 Å². The maximum atomic E-state index is 12.9. The summed E-state index contributed by atoms with van der Waals surface area (Å²) in [6, 6.07) is 5.94. The molecule has 1 amide bonds. The minimum absolute atomic E-state index is 0.118. The summed E-state index contributed by atoms with van der Waals surface area (Å²) in [5.41, 5.74) is -0.712. The van der Waals surface area contributed by atoms with Gasteiger partial charge in [0.2, 0.25) is 5.91 Å². The first kappa shape index (κ1) is 14.4. The Hall–Kier alpha value is -1.98. The van der Waals surface area contributed by atoms with Gasteiger partial charge in [-0.25, -0.2) is 13.6 Å². The number of carboxylic acid groups (broad SMARTS) is 1. The molecule has 0 atom stereocenters. The van der Waals surface area contributed by atoms with Crippen LogP contribution in [-0.2, 0) is 11.3 Å². The standard InChI is InChI=1S/C14H15F2NO3/c15-12(16)14(6-1-7-14)13(20)17-8-9-2-4-10(5-3-9)11(18)19/h2-5,12H,1,6-8H2,(H,17,20)(H,18,19). The van der Waals surface area contributed by atoms with Crippen LogP contribution in [0.2, 0.25) is 0 Å². The molecule has 1 aliphatic carbocycles. The summed E-state index contributed by atoms with van der Waals surface area (Å²) in [4.78, 5) is 22.5. The number of alkyl halides is 2. The second-order valence-electron chi connectivity index (χ2n) is 5.00. The van der Waals surface area contributed by atoms with Gasteiger partial charge >= 0.3 is 5.97 Å². The number of benzene rings is 1. The average Bonchev–Trinajstić information content (AvgIpc) is 2.35. The maximum Gasteiger partial charge on any atom is 0.335 e. The van der Waals surface area contributed by atoms with Gasteiger partial charge < -0.3 is 10.4 Å². The van der Waals surface area contributed by atoms with Crippen molar-refractivity contribution in [3.63, 3.8) is 0 Å². The zero-order valence-electron chi connectivity index (χ0n) is 10.7. The lowest BCUT2D eigenvalue weighted by Gasteiger charge is -2.39. The van der Waals surface area contributed by atoms with Crippen molar-refractivity contribution in [3.05, 3.63) is 35.4 Å². The maximum absolute atomic E-state index is 12.9. The zero-order valence-corrected chi connectivity index (χ0v) is 10.7. The fraction of sp³-hybridized carbons (Fsp3) is 0.429. The molecule has 2 N–H and O–H groups in total. The molecule has 0 radical (unpaired) electrons. The van der Waals surface area contributed by atoms with E-state index in [-0.39, 0.29) is 24.9 Å². The summed E-state index contributed by atoms with van der Waals surface area (Å²) in [6.45, 7) is 0.118. The number of rotatable bonds is 5. The fourth-order valence-electron chi connectivity index (χ4n) is 2.23. The number of hydrogen-bond donors (Lipinski definition) is 2. The van der Waals surface area contributed by atoms with Crippen LogP contribution in [0.25, 0.3) is 0 Å². The van der Waals surface area contributed by atoms with E-state index in [1.165, 1.54) is 12.1 Å². The predicted octanol–water partition coefficient (Wildman–Crippen LogP) is 2.44. The number of carbonyl (C=O) groups is 2. The first-order valence-corrected chi connectivity index (χ1v) is 6.34. The minimum Gasteiger partial charge on any atom is -0.478 e. The van der Waals surface area contributed by atoms with E-state index in [1.807, 2.05) is 0 Å². The fourth-order valence-corrected chi connectivity index (χ4v) is 2.23. The molecule has 6 heteroatoms. The van der Waals surface area contributed by atoms with Crippen molar-refractivity contribution >= 4 is 11.9 Å². The summed E-state index contributed by atoms with van der Waals surface area (Å²) in [7, 11) is 0. The number of carboxylic acids is 1. The zero-order chi connectivity index (χ0) is 14.8. The smallest absolute Gasteiger partial charge is 0.335 e. The number of hydrogen-bond acceptors (Lipinski definition) is 2. The van der Waals surface area contributed by atoms with E-state index in [0.717, 1.165) is 0 Å². The van der Waals surface area contributed by atoms with Gasteiger partial charge in [-0.15, -0.1) is 0 Å². The van der Waals surface area contributed by atoms with Crippen molar-refractivity contribution in [2.24, 2.45) is 5.41 Å². The number of amides is 1. The van der Waals surface area contributed by atoms with E-state index >= 15 is 0 Å². The van der Waals surface area contributed by atoms with Gasteiger partial charge in [0.1, 0.15) is 5.41 Å². The number of aromatic carboxylic acids is 1. The molecule has 108 valence electrons. The minimum atomic E-state index is -2.65. The molecule has 0 spiro atoms. The van der Waals surface area contributed by atoms with Crippen LogP contribution in [0.5, 0.6) is 0 Å². The first-order valence-electron chi connectivity index (χ1n) is 6.34. The Bertz CT molecular complexity index is 510. The molecular formula is C14H15F2NO3. The van der Waals surface area contributed by atoms with Crippen LogP contribution < -0.4 is 5.32 Å². The molecule has 1 fully saturated rings. The highest BCUT2D eigenvalue weighted by molar-refractivity contribution is 5.87. The largest absolute Gasteiger partial charge is 0.478 e. The second kappa shape index (κ2) is 5.56. The van der Waals surface area contributed by atoms with E-state index in [9.17, 15) is 18.4 Å². The molecule has 0 saturated heterocycles. The molecule has 1 saturated carbocycles. The van der Waals surface area contributed by atoms with Crippen molar-refractivity contribution in [1.82, 2.24) is 5.32 Å². The van der Waals surface area contributed by atoms with Crippen LogP contribution in [0.1, 0.15) is 35.2 Å². The lowest BCUT2D eigenvalue weighted by molar-refractivity contribution is -0.150. The molecule has 0 aliphatic heterocycles. The molecule has 0 aromatic heterocycles. The molecule has 1 aromatic carbocycles. The van der Waals surface area contributed by atoms with Crippen LogP contribution in [0.4, 0.5) is 8.78 Å². The van der Waals surface area contributed by atoms with Crippen molar-refractivity contribution in [2.45, 2.75) is 32.2 Å². The van der Waals surface area contributed by atoms with Gasteiger partial charge in [-0.05, 0) is 30.5 Å². The van der Waals surface area contributed by atoms with Crippen LogP contribution in [0.15, 0.2) is 24.3 Å². The van der Waals surface area contributed by atoms with Crippen LogP contribution in [-0.4, -0.2) is 23.4 Å². The normalized spacial score (nSPS) is 16.6. The number of halogens is 2. The van der Waals surface area contributed by atoms with E-state index in [2.05, 4.69) is 5.32 Å².